The van der Waals surface area contributed by atoms with Gasteiger partial charge in [-0.1, -0.05) is 68.4 Å². The van der Waals surface area contributed by atoms with Crippen LogP contribution in [0.15, 0.2) is 66.7 Å². The maximum Gasteiger partial charge on any atom is 0.0991 e. The Morgan fingerprint density at radius 2 is 1.25 bits per heavy atom. The van der Waals surface area contributed by atoms with Crippen LogP contribution in [0.5, 0.6) is 0 Å². The number of nitrogens with zero attached hydrogens (tertiary/aromatic N) is 1. The molecule has 4 atom stereocenters. The van der Waals surface area contributed by atoms with Gasteiger partial charge in [-0.25, -0.2) is 0 Å². The highest BCUT2D eigenvalue weighted by atomic mass is 14.5. The number of hydrogen-bond donors (Lipinski definition) is 0. The third-order valence-corrected chi connectivity index (χ3v) is 7.88. The number of benzene rings is 3. The number of aryl methyl sites for hydroxylation is 1. The van der Waals surface area contributed by atoms with Crippen molar-refractivity contribution in [2.45, 2.75) is 58.3 Å². The molecule has 2 aliphatic carbocycles. The Balaban J connectivity index is 1.40. The predicted molar refractivity (Wildman–Crippen MR) is 133 cm³/mol. The van der Waals surface area contributed by atoms with E-state index >= 15 is 0 Å². The molecular weight excluding hydrogens is 386 g/mol. The van der Waals surface area contributed by atoms with E-state index in [0.29, 0.717) is 5.41 Å². The molecule has 162 valence electrons. The van der Waals surface area contributed by atoms with Crippen molar-refractivity contribution in [3.05, 3.63) is 83.4 Å². The Labute approximate surface area is 193 Å². The van der Waals surface area contributed by atoms with Gasteiger partial charge in [0.1, 0.15) is 0 Å². The first-order chi connectivity index (χ1) is 15.4. The lowest BCUT2D eigenvalue weighted by atomic mass is 9.54. The molecule has 1 heteroatoms. The largest absolute Gasteiger partial charge is 0.192 e. The molecule has 0 aliphatic heterocycles. The highest BCUT2D eigenvalue weighted by Crippen LogP contribution is 2.54. The van der Waals surface area contributed by atoms with Crippen LogP contribution >= 0.6 is 0 Å². The average molecular weight is 420 g/mol. The second-order valence-electron chi connectivity index (χ2n) is 10.8. The van der Waals surface area contributed by atoms with Gasteiger partial charge in [0.15, 0.2) is 0 Å². The van der Waals surface area contributed by atoms with E-state index in [-0.39, 0.29) is 0 Å². The van der Waals surface area contributed by atoms with Gasteiger partial charge in [0.25, 0.3) is 0 Å². The minimum absolute atomic E-state index is 0.395. The highest BCUT2D eigenvalue weighted by molar-refractivity contribution is 5.71. The lowest BCUT2D eigenvalue weighted by molar-refractivity contribution is 0.0780. The number of rotatable bonds is 3. The van der Waals surface area contributed by atoms with Crippen molar-refractivity contribution in [3.63, 3.8) is 0 Å². The maximum absolute atomic E-state index is 9.28. The number of fused-ring (bicyclic) bond motifs is 2. The Bertz CT molecular complexity index is 1130. The molecule has 2 fully saturated rings. The van der Waals surface area contributed by atoms with Crippen LogP contribution in [0.1, 0.15) is 62.6 Å². The van der Waals surface area contributed by atoms with Crippen LogP contribution in [0.2, 0.25) is 0 Å². The fourth-order valence-corrected chi connectivity index (χ4v) is 6.94. The third kappa shape index (κ3) is 4.00. The molecule has 0 spiro atoms. The van der Waals surface area contributed by atoms with Gasteiger partial charge in [0.05, 0.1) is 11.6 Å². The van der Waals surface area contributed by atoms with Crippen molar-refractivity contribution in [3.8, 4) is 28.3 Å². The SMILES string of the molecule is Cc1cc(C#N)cc(-c2ccc(-c3ccc(C45CC(C[C@@H](C)C4)C[C@H](C)C5)cc3)cc2)c1. The molecule has 0 amide bonds. The van der Waals surface area contributed by atoms with Crippen LogP contribution in [0.4, 0.5) is 0 Å². The average Bonchev–Trinajstić information content (AvgIpc) is 2.78. The van der Waals surface area contributed by atoms with E-state index in [1.54, 1.807) is 5.56 Å². The monoisotopic (exact) mass is 419 g/mol. The van der Waals surface area contributed by atoms with Gasteiger partial charge in [0.2, 0.25) is 0 Å². The summed E-state index contributed by atoms with van der Waals surface area (Å²) in [6.45, 7) is 6.96. The first-order valence-corrected chi connectivity index (χ1v) is 12.2. The van der Waals surface area contributed by atoms with Gasteiger partial charge in [-0.15, -0.1) is 0 Å². The van der Waals surface area contributed by atoms with Gasteiger partial charge in [-0.3, -0.25) is 0 Å². The van der Waals surface area contributed by atoms with Crippen molar-refractivity contribution in [1.29, 1.82) is 5.26 Å². The fourth-order valence-electron chi connectivity index (χ4n) is 6.94. The Morgan fingerprint density at radius 3 is 1.81 bits per heavy atom. The lowest BCUT2D eigenvalue weighted by Crippen LogP contribution is -2.42. The van der Waals surface area contributed by atoms with Crippen LogP contribution in [0, 0.1) is 36.0 Å². The normalized spacial score (nSPS) is 27.0. The van der Waals surface area contributed by atoms with Gasteiger partial charge in [-0.2, -0.15) is 5.26 Å². The molecule has 0 aromatic heterocycles. The summed E-state index contributed by atoms with van der Waals surface area (Å²) in [7, 11) is 0. The Kier molecular flexibility index (Phi) is 5.42. The minimum Gasteiger partial charge on any atom is -0.192 e. The second-order valence-corrected chi connectivity index (χ2v) is 10.8. The van der Waals surface area contributed by atoms with Gasteiger partial charge in [-0.05, 0) is 108 Å². The van der Waals surface area contributed by atoms with Gasteiger partial charge >= 0.3 is 0 Å². The van der Waals surface area contributed by atoms with Crippen molar-refractivity contribution in [2.24, 2.45) is 17.8 Å². The highest BCUT2D eigenvalue weighted by Gasteiger charge is 2.45. The van der Waals surface area contributed by atoms with Gasteiger partial charge in [0, 0.05) is 0 Å². The predicted octanol–water partition coefficient (Wildman–Crippen LogP) is 8.30. The van der Waals surface area contributed by atoms with E-state index in [2.05, 4.69) is 74.5 Å². The van der Waals surface area contributed by atoms with E-state index in [9.17, 15) is 5.26 Å². The number of nitriles is 1. The van der Waals surface area contributed by atoms with E-state index in [0.717, 1.165) is 40.0 Å². The fraction of sp³-hybridized carbons (Fsp3) is 0.387. The molecule has 2 bridgehead atoms. The zero-order valence-electron chi connectivity index (χ0n) is 19.6. The molecule has 32 heavy (non-hydrogen) atoms. The topological polar surface area (TPSA) is 23.8 Å². The maximum atomic E-state index is 9.28. The molecule has 0 N–H and O–H groups in total. The molecule has 0 heterocycles. The Hall–Kier alpha value is -2.85. The van der Waals surface area contributed by atoms with Crippen molar-refractivity contribution < 1.29 is 0 Å². The number of hydrogen-bond acceptors (Lipinski definition) is 1. The molecule has 3 aromatic rings. The second kappa shape index (κ2) is 8.25. The summed E-state index contributed by atoms with van der Waals surface area (Å²) in [4.78, 5) is 0. The van der Waals surface area contributed by atoms with Crippen molar-refractivity contribution in [1.82, 2.24) is 0 Å². The summed E-state index contributed by atoms with van der Waals surface area (Å²) in [5.74, 6) is 2.60. The molecule has 3 aromatic carbocycles. The molecule has 1 nitrogen and oxygen atoms in total. The summed E-state index contributed by atoms with van der Waals surface area (Å²) >= 11 is 0. The summed E-state index contributed by atoms with van der Waals surface area (Å²) in [5.41, 5.74) is 8.58. The van der Waals surface area contributed by atoms with Crippen molar-refractivity contribution in [2.75, 3.05) is 0 Å². The standard InChI is InChI=1S/C31H33N/c1-21-12-25(20-32)16-29(15-21)28-6-4-26(5-7-28)27-8-10-30(11-9-27)31-17-22(2)13-24(19-31)14-23(3)18-31/h4-12,15-16,22-24H,13-14,17-19H2,1-3H3/t22-,23+,24?,31?. The first-order valence-electron chi connectivity index (χ1n) is 12.2. The van der Waals surface area contributed by atoms with E-state index in [1.165, 1.54) is 43.2 Å². The Morgan fingerprint density at radius 1 is 0.719 bits per heavy atom. The van der Waals surface area contributed by atoms with Crippen LogP contribution in [0.3, 0.4) is 0 Å². The molecular formula is C31H33N. The molecule has 2 unspecified atom stereocenters. The van der Waals surface area contributed by atoms with E-state index in [4.69, 9.17) is 0 Å². The molecule has 2 aliphatic rings. The molecule has 0 saturated heterocycles. The summed E-state index contributed by atoms with van der Waals surface area (Å²) in [6.07, 6.45) is 6.93. The zero-order chi connectivity index (χ0) is 22.3. The smallest absolute Gasteiger partial charge is 0.0991 e. The summed E-state index contributed by atoms with van der Waals surface area (Å²) in [6, 6.07) is 26.6. The summed E-state index contributed by atoms with van der Waals surface area (Å²) < 4.78 is 0. The third-order valence-electron chi connectivity index (χ3n) is 7.88. The van der Waals surface area contributed by atoms with E-state index in [1.807, 2.05) is 19.1 Å². The quantitative estimate of drug-likeness (QED) is 0.419. The van der Waals surface area contributed by atoms with Crippen LogP contribution < -0.4 is 0 Å². The molecule has 2 saturated carbocycles. The van der Waals surface area contributed by atoms with Crippen LogP contribution in [-0.4, -0.2) is 0 Å². The molecule has 5 rings (SSSR count). The first kappa shape index (κ1) is 21.0. The minimum atomic E-state index is 0.395. The van der Waals surface area contributed by atoms with Gasteiger partial charge < -0.3 is 0 Å². The van der Waals surface area contributed by atoms with E-state index < -0.39 is 0 Å². The van der Waals surface area contributed by atoms with Crippen LogP contribution in [-0.2, 0) is 5.41 Å². The van der Waals surface area contributed by atoms with Crippen molar-refractivity contribution >= 4 is 0 Å². The molecule has 0 radical (unpaired) electrons. The lowest BCUT2D eigenvalue weighted by Gasteiger charge is -2.50. The summed E-state index contributed by atoms with van der Waals surface area (Å²) in [5, 5.41) is 9.28. The zero-order valence-corrected chi connectivity index (χ0v) is 19.6. The van der Waals surface area contributed by atoms with Crippen LogP contribution in [0.25, 0.3) is 22.3 Å².